The van der Waals surface area contributed by atoms with Crippen molar-refractivity contribution in [3.63, 3.8) is 0 Å². The van der Waals surface area contributed by atoms with E-state index in [9.17, 15) is 14.7 Å². The van der Waals surface area contributed by atoms with E-state index < -0.39 is 17.4 Å². The maximum atomic E-state index is 11.9. The smallest absolute Gasteiger partial charge is 0.309 e. The predicted molar refractivity (Wildman–Crippen MR) is 89.2 cm³/mol. The summed E-state index contributed by atoms with van der Waals surface area (Å²) >= 11 is 0. The average Bonchev–Trinajstić information content (AvgIpc) is 3.21. The predicted octanol–water partition coefficient (Wildman–Crippen LogP) is 1.82. The second-order valence-electron chi connectivity index (χ2n) is 6.56. The summed E-state index contributed by atoms with van der Waals surface area (Å²) < 4.78 is 5.63. The van der Waals surface area contributed by atoms with Crippen LogP contribution in [0.25, 0.3) is 11.0 Å². The highest BCUT2D eigenvalue weighted by Crippen LogP contribution is 2.27. The third-order valence-corrected chi connectivity index (χ3v) is 4.45. The van der Waals surface area contributed by atoms with Gasteiger partial charge in [0.05, 0.1) is 6.54 Å². The standard InChI is InChI=1S/C18H22N2O4/c1-18(23,15-10-12-6-2-5-9-14(12)24-15)11-19-16(21)17(22)20-13-7-3-4-8-13/h2,5-6,9-10,13,23H,3-4,7-8,11H2,1H3,(H,19,21)(H,20,22)/t18-/m1/s1. The Morgan fingerprint density at radius 2 is 1.96 bits per heavy atom. The Hall–Kier alpha value is -2.34. The maximum Gasteiger partial charge on any atom is 0.309 e. The monoisotopic (exact) mass is 330 g/mol. The molecular weight excluding hydrogens is 308 g/mol. The number of furan rings is 1. The minimum atomic E-state index is -1.40. The molecule has 1 aliphatic carbocycles. The van der Waals surface area contributed by atoms with Crippen molar-refractivity contribution in [2.24, 2.45) is 0 Å². The van der Waals surface area contributed by atoms with Gasteiger partial charge in [0.15, 0.2) is 0 Å². The topological polar surface area (TPSA) is 91.6 Å². The van der Waals surface area contributed by atoms with E-state index in [0.29, 0.717) is 11.3 Å². The highest BCUT2D eigenvalue weighted by molar-refractivity contribution is 6.35. The molecule has 0 bridgehead atoms. The van der Waals surface area contributed by atoms with Crippen molar-refractivity contribution >= 4 is 22.8 Å². The number of nitrogens with one attached hydrogen (secondary N) is 2. The molecule has 1 heterocycles. The zero-order chi connectivity index (χ0) is 17.2. The molecule has 2 amide bonds. The fraction of sp³-hybridized carbons (Fsp3) is 0.444. The van der Waals surface area contributed by atoms with Crippen LogP contribution in [0.3, 0.4) is 0 Å². The number of amides is 2. The van der Waals surface area contributed by atoms with Gasteiger partial charge in [0.2, 0.25) is 0 Å². The van der Waals surface area contributed by atoms with Gasteiger partial charge in [-0.25, -0.2) is 0 Å². The Kier molecular flexibility index (Phi) is 4.57. The summed E-state index contributed by atoms with van der Waals surface area (Å²) in [4.78, 5) is 23.8. The Bertz CT molecular complexity index is 711. The first-order valence-corrected chi connectivity index (χ1v) is 8.26. The molecular formula is C18H22N2O4. The Morgan fingerprint density at radius 3 is 2.67 bits per heavy atom. The molecule has 0 radical (unpaired) electrons. The van der Waals surface area contributed by atoms with Crippen LogP contribution in [0.1, 0.15) is 38.4 Å². The lowest BCUT2D eigenvalue weighted by Gasteiger charge is -2.21. The minimum Gasteiger partial charge on any atom is -0.458 e. The number of hydrogen-bond acceptors (Lipinski definition) is 4. The summed E-state index contributed by atoms with van der Waals surface area (Å²) in [5.74, 6) is -1.04. The van der Waals surface area contributed by atoms with Crippen LogP contribution >= 0.6 is 0 Å². The van der Waals surface area contributed by atoms with Crippen LogP contribution in [0.2, 0.25) is 0 Å². The Morgan fingerprint density at radius 1 is 1.25 bits per heavy atom. The highest BCUT2D eigenvalue weighted by Gasteiger charge is 2.29. The first-order chi connectivity index (χ1) is 11.5. The first-order valence-electron chi connectivity index (χ1n) is 8.26. The number of aliphatic hydroxyl groups is 1. The van der Waals surface area contributed by atoms with Gasteiger partial charge in [-0.15, -0.1) is 0 Å². The number of carbonyl (C=O) groups is 2. The molecule has 1 saturated carbocycles. The number of rotatable bonds is 4. The second-order valence-corrected chi connectivity index (χ2v) is 6.56. The van der Waals surface area contributed by atoms with E-state index in [1.54, 1.807) is 13.0 Å². The van der Waals surface area contributed by atoms with Crippen LogP contribution in [-0.2, 0) is 15.2 Å². The van der Waals surface area contributed by atoms with Crippen LogP contribution in [0.15, 0.2) is 34.7 Å². The van der Waals surface area contributed by atoms with Crippen LogP contribution in [0.5, 0.6) is 0 Å². The van der Waals surface area contributed by atoms with Crippen molar-refractivity contribution in [2.45, 2.75) is 44.2 Å². The van der Waals surface area contributed by atoms with E-state index in [2.05, 4.69) is 10.6 Å². The molecule has 3 rings (SSSR count). The normalized spacial score (nSPS) is 17.6. The molecule has 0 saturated heterocycles. The quantitative estimate of drug-likeness (QED) is 0.746. The molecule has 1 aliphatic rings. The van der Waals surface area contributed by atoms with Gasteiger partial charge in [0, 0.05) is 11.4 Å². The van der Waals surface area contributed by atoms with Crippen molar-refractivity contribution in [1.82, 2.24) is 10.6 Å². The number of hydrogen-bond donors (Lipinski definition) is 3. The van der Waals surface area contributed by atoms with Gasteiger partial charge in [-0.05, 0) is 31.9 Å². The molecule has 0 spiro atoms. The van der Waals surface area contributed by atoms with E-state index in [1.165, 1.54) is 0 Å². The van der Waals surface area contributed by atoms with Crippen LogP contribution in [0.4, 0.5) is 0 Å². The second kappa shape index (κ2) is 6.65. The molecule has 6 nitrogen and oxygen atoms in total. The molecule has 1 aromatic carbocycles. The van der Waals surface area contributed by atoms with Crippen molar-refractivity contribution in [2.75, 3.05) is 6.54 Å². The SMILES string of the molecule is C[C@@](O)(CNC(=O)C(=O)NC1CCCC1)c1cc2ccccc2o1. The molecule has 6 heteroatoms. The Labute approximate surface area is 140 Å². The average molecular weight is 330 g/mol. The summed E-state index contributed by atoms with van der Waals surface area (Å²) in [7, 11) is 0. The molecule has 3 N–H and O–H groups in total. The summed E-state index contributed by atoms with van der Waals surface area (Å²) in [5, 5.41) is 16.6. The number of carbonyl (C=O) groups excluding carboxylic acids is 2. The van der Waals surface area contributed by atoms with Crippen LogP contribution in [0, 0.1) is 0 Å². The van der Waals surface area contributed by atoms with E-state index in [0.717, 1.165) is 31.1 Å². The van der Waals surface area contributed by atoms with E-state index in [4.69, 9.17) is 4.42 Å². The summed E-state index contributed by atoms with van der Waals surface area (Å²) in [6, 6.07) is 9.23. The van der Waals surface area contributed by atoms with Crippen LogP contribution < -0.4 is 10.6 Å². The third kappa shape index (κ3) is 3.59. The first kappa shape index (κ1) is 16.5. The fourth-order valence-electron chi connectivity index (χ4n) is 2.99. The summed E-state index contributed by atoms with van der Waals surface area (Å²) in [6.07, 6.45) is 3.98. The summed E-state index contributed by atoms with van der Waals surface area (Å²) in [5.41, 5.74) is -0.736. The molecule has 1 aromatic heterocycles. The van der Waals surface area contributed by atoms with Crippen molar-refractivity contribution in [1.29, 1.82) is 0 Å². The summed E-state index contributed by atoms with van der Waals surface area (Å²) in [6.45, 7) is 1.43. The van der Waals surface area contributed by atoms with Gasteiger partial charge in [0.25, 0.3) is 0 Å². The molecule has 0 unspecified atom stereocenters. The van der Waals surface area contributed by atoms with Gasteiger partial charge >= 0.3 is 11.8 Å². The van der Waals surface area contributed by atoms with E-state index in [-0.39, 0.29) is 12.6 Å². The minimum absolute atomic E-state index is 0.0825. The molecule has 1 fully saturated rings. The van der Waals surface area contributed by atoms with Gasteiger partial charge < -0.3 is 20.2 Å². The fourth-order valence-corrected chi connectivity index (χ4v) is 2.99. The van der Waals surface area contributed by atoms with Gasteiger partial charge in [-0.3, -0.25) is 9.59 Å². The van der Waals surface area contributed by atoms with Crippen molar-refractivity contribution < 1.29 is 19.1 Å². The van der Waals surface area contributed by atoms with Gasteiger partial charge in [-0.2, -0.15) is 0 Å². The zero-order valence-corrected chi connectivity index (χ0v) is 13.7. The highest BCUT2D eigenvalue weighted by atomic mass is 16.4. The van der Waals surface area contributed by atoms with E-state index >= 15 is 0 Å². The van der Waals surface area contributed by atoms with Crippen molar-refractivity contribution in [3.05, 3.63) is 36.1 Å². The molecule has 24 heavy (non-hydrogen) atoms. The Balaban J connectivity index is 1.59. The number of para-hydroxylation sites is 1. The largest absolute Gasteiger partial charge is 0.458 e. The molecule has 128 valence electrons. The third-order valence-electron chi connectivity index (χ3n) is 4.45. The lowest BCUT2D eigenvalue weighted by molar-refractivity contribution is -0.140. The van der Waals surface area contributed by atoms with Crippen molar-refractivity contribution in [3.8, 4) is 0 Å². The molecule has 2 aromatic rings. The molecule has 0 aliphatic heterocycles. The lowest BCUT2D eigenvalue weighted by Crippen LogP contribution is -2.47. The maximum absolute atomic E-state index is 11.9. The van der Waals surface area contributed by atoms with Gasteiger partial charge in [0.1, 0.15) is 16.9 Å². The lowest BCUT2D eigenvalue weighted by atomic mass is 10.0. The zero-order valence-electron chi connectivity index (χ0n) is 13.7. The number of fused-ring (bicyclic) bond motifs is 1. The number of benzene rings is 1. The van der Waals surface area contributed by atoms with Crippen LogP contribution in [-0.4, -0.2) is 29.5 Å². The van der Waals surface area contributed by atoms with E-state index in [1.807, 2.05) is 24.3 Å². The molecule has 1 atom stereocenters. The van der Waals surface area contributed by atoms with Gasteiger partial charge in [-0.1, -0.05) is 31.0 Å².